The van der Waals surface area contributed by atoms with E-state index in [1.54, 1.807) is 6.33 Å². The number of nitrogens with zero attached hydrogens (tertiary/aromatic N) is 3. The number of hydrogen-bond acceptors (Lipinski definition) is 4. The Morgan fingerprint density at radius 3 is 2.83 bits per heavy atom. The Kier molecular flexibility index (Phi) is 4.72. The van der Waals surface area contributed by atoms with Crippen molar-refractivity contribution in [2.45, 2.75) is 45.8 Å². The van der Waals surface area contributed by atoms with Crippen molar-refractivity contribution in [1.82, 2.24) is 14.8 Å². The van der Waals surface area contributed by atoms with Crippen molar-refractivity contribution in [3.63, 3.8) is 0 Å². The van der Waals surface area contributed by atoms with E-state index in [4.69, 9.17) is 4.74 Å². The van der Waals surface area contributed by atoms with Gasteiger partial charge in [-0.15, -0.1) is 0 Å². The molecule has 102 valence electrons. The predicted molar refractivity (Wildman–Crippen MR) is 68.1 cm³/mol. The van der Waals surface area contributed by atoms with Gasteiger partial charge in [0.25, 0.3) is 0 Å². The fourth-order valence-corrected chi connectivity index (χ4v) is 2.40. The second kappa shape index (κ2) is 6.29. The van der Waals surface area contributed by atoms with Gasteiger partial charge in [0.15, 0.2) is 0 Å². The monoisotopic (exact) mass is 253 g/mol. The molecule has 0 aliphatic carbocycles. The molecule has 0 saturated carbocycles. The third-order valence-electron chi connectivity index (χ3n) is 3.44. The summed E-state index contributed by atoms with van der Waals surface area (Å²) in [5.41, 5.74) is 0. The topological polar surface area (TPSA) is 60.2 Å². The summed E-state index contributed by atoms with van der Waals surface area (Å²) >= 11 is 0. The van der Waals surface area contributed by atoms with E-state index in [-0.39, 0.29) is 6.10 Å². The highest BCUT2D eigenvalue weighted by atomic mass is 16.5. The highest BCUT2D eigenvalue weighted by Gasteiger charge is 2.24. The lowest BCUT2D eigenvalue weighted by Gasteiger charge is -2.26. The van der Waals surface area contributed by atoms with E-state index in [2.05, 4.69) is 23.9 Å². The molecule has 0 aromatic carbocycles. The van der Waals surface area contributed by atoms with Crippen LogP contribution in [-0.4, -0.2) is 39.2 Å². The van der Waals surface area contributed by atoms with E-state index < -0.39 is 0 Å². The first-order valence-electron chi connectivity index (χ1n) is 6.79. The molecule has 0 spiro atoms. The lowest BCUT2D eigenvalue weighted by molar-refractivity contribution is 0.00728. The standard InChI is InChI=1S/C13H23N3O2/c1-10(2)8-16-13(14-9-15-16)7-12(17)11-3-5-18-6-4-11/h9-12,17H,3-8H2,1-2H3. The van der Waals surface area contributed by atoms with Crippen LogP contribution in [0.1, 0.15) is 32.5 Å². The van der Waals surface area contributed by atoms with Gasteiger partial charge in [-0.2, -0.15) is 5.10 Å². The molecule has 0 bridgehead atoms. The summed E-state index contributed by atoms with van der Waals surface area (Å²) in [6, 6.07) is 0. The van der Waals surface area contributed by atoms with Crippen LogP contribution < -0.4 is 0 Å². The van der Waals surface area contributed by atoms with Gasteiger partial charge in [0, 0.05) is 26.2 Å². The Morgan fingerprint density at radius 1 is 1.44 bits per heavy atom. The van der Waals surface area contributed by atoms with Gasteiger partial charge in [-0.05, 0) is 24.7 Å². The molecule has 5 nitrogen and oxygen atoms in total. The minimum absolute atomic E-state index is 0.330. The van der Waals surface area contributed by atoms with Crippen molar-refractivity contribution < 1.29 is 9.84 Å². The normalized spacial score (nSPS) is 19.3. The summed E-state index contributed by atoms with van der Waals surface area (Å²) in [4.78, 5) is 4.26. The number of rotatable bonds is 5. The average Bonchev–Trinajstić information content (AvgIpc) is 2.77. The van der Waals surface area contributed by atoms with E-state index in [9.17, 15) is 5.11 Å². The van der Waals surface area contributed by atoms with Gasteiger partial charge in [0.2, 0.25) is 0 Å². The van der Waals surface area contributed by atoms with Gasteiger partial charge in [0.1, 0.15) is 12.2 Å². The molecule has 1 saturated heterocycles. The zero-order chi connectivity index (χ0) is 13.0. The summed E-state index contributed by atoms with van der Waals surface area (Å²) in [7, 11) is 0. The van der Waals surface area contributed by atoms with Crippen molar-refractivity contribution in [3.8, 4) is 0 Å². The molecule has 1 unspecified atom stereocenters. The van der Waals surface area contributed by atoms with Crippen LogP contribution in [0, 0.1) is 11.8 Å². The highest BCUT2D eigenvalue weighted by molar-refractivity contribution is 4.90. The zero-order valence-electron chi connectivity index (χ0n) is 11.2. The van der Waals surface area contributed by atoms with E-state index in [0.717, 1.165) is 38.4 Å². The smallest absolute Gasteiger partial charge is 0.138 e. The third-order valence-corrected chi connectivity index (χ3v) is 3.44. The summed E-state index contributed by atoms with van der Waals surface area (Å²) < 4.78 is 7.23. The first kappa shape index (κ1) is 13.5. The summed E-state index contributed by atoms with van der Waals surface area (Å²) in [5.74, 6) is 1.76. The first-order chi connectivity index (χ1) is 8.66. The van der Waals surface area contributed by atoms with Crippen LogP contribution in [0.4, 0.5) is 0 Å². The Bertz CT molecular complexity index is 359. The largest absolute Gasteiger partial charge is 0.392 e. The predicted octanol–water partition coefficient (Wildman–Crippen LogP) is 1.26. The third kappa shape index (κ3) is 3.53. The molecule has 0 amide bonds. The molecule has 1 aromatic heterocycles. The first-order valence-corrected chi connectivity index (χ1v) is 6.79. The van der Waals surface area contributed by atoms with Crippen LogP contribution in [0.5, 0.6) is 0 Å². The molecule has 0 radical (unpaired) electrons. The maximum absolute atomic E-state index is 10.3. The van der Waals surface area contributed by atoms with Crippen molar-refractivity contribution in [1.29, 1.82) is 0 Å². The quantitative estimate of drug-likeness (QED) is 0.858. The molecule has 1 fully saturated rings. The van der Waals surface area contributed by atoms with Crippen molar-refractivity contribution in [3.05, 3.63) is 12.2 Å². The molecule has 1 aliphatic rings. The van der Waals surface area contributed by atoms with Gasteiger partial charge in [0.05, 0.1) is 6.10 Å². The number of aliphatic hydroxyl groups excluding tert-OH is 1. The number of hydrogen-bond donors (Lipinski definition) is 1. The number of aromatic nitrogens is 3. The molecule has 18 heavy (non-hydrogen) atoms. The van der Waals surface area contributed by atoms with Crippen LogP contribution in [0.2, 0.25) is 0 Å². The SMILES string of the molecule is CC(C)Cn1ncnc1CC(O)C1CCOCC1. The number of aliphatic hydroxyl groups is 1. The van der Waals surface area contributed by atoms with Crippen molar-refractivity contribution >= 4 is 0 Å². The zero-order valence-corrected chi connectivity index (χ0v) is 11.2. The minimum atomic E-state index is -0.330. The maximum atomic E-state index is 10.3. The second-order valence-corrected chi connectivity index (χ2v) is 5.47. The van der Waals surface area contributed by atoms with Crippen molar-refractivity contribution in [2.75, 3.05) is 13.2 Å². The van der Waals surface area contributed by atoms with Gasteiger partial charge in [-0.3, -0.25) is 0 Å². The molecule has 5 heteroatoms. The highest BCUT2D eigenvalue weighted by Crippen LogP contribution is 2.21. The van der Waals surface area contributed by atoms with Crippen LogP contribution in [0.3, 0.4) is 0 Å². The summed E-state index contributed by atoms with van der Waals surface area (Å²) in [5, 5.41) is 14.5. The molecule has 1 N–H and O–H groups in total. The Balaban J connectivity index is 1.93. The van der Waals surface area contributed by atoms with Crippen LogP contribution in [-0.2, 0) is 17.7 Å². The van der Waals surface area contributed by atoms with Crippen LogP contribution in [0.25, 0.3) is 0 Å². The van der Waals surface area contributed by atoms with Crippen LogP contribution in [0.15, 0.2) is 6.33 Å². The second-order valence-electron chi connectivity index (χ2n) is 5.47. The average molecular weight is 253 g/mol. The van der Waals surface area contributed by atoms with Gasteiger partial charge in [-0.25, -0.2) is 9.67 Å². The molecular weight excluding hydrogens is 230 g/mol. The fourth-order valence-electron chi connectivity index (χ4n) is 2.40. The molecule has 2 heterocycles. The number of ether oxygens (including phenoxy) is 1. The lowest BCUT2D eigenvalue weighted by Crippen LogP contribution is -2.30. The Labute approximate surface area is 108 Å². The van der Waals surface area contributed by atoms with Gasteiger partial charge in [-0.1, -0.05) is 13.8 Å². The Hall–Kier alpha value is -0.940. The van der Waals surface area contributed by atoms with E-state index in [1.807, 2.05) is 4.68 Å². The molecule has 1 atom stereocenters. The van der Waals surface area contributed by atoms with Crippen molar-refractivity contribution in [2.24, 2.45) is 11.8 Å². The molecule has 1 aromatic rings. The molecule has 2 rings (SSSR count). The lowest BCUT2D eigenvalue weighted by atomic mass is 9.92. The van der Waals surface area contributed by atoms with Crippen LogP contribution >= 0.6 is 0 Å². The van der Waals surface area contributed by atoms with Gasteiger partial charge < -0.3 is 9.84 Å². The summed E-state index contributed by atoms with van der Waals surface area (Å²) in [6.45, 7) is 6.69. The Morgan fingerprint density at radius 2 is 2.17 bits per heavy atom. The minimum Gasteiger partial charge on any atom is -0.392 e. The molecular formula is C13H23N3O2. The van der Waals surface area contributed by atoms with Gasteiger partial charge >= 0.3 is 0 Å². The summed E-state index contributed by atoms with van der Waals surface area (Å²) in [6.07, 6.45) is 3.73. The maximum Gasteiger partial charge on any atom is 0.138 e. The van der Waals surface area contributed by atoms with E-state index in [0.29, 0.717) is 18.3 Å². The molecule has 1 aliphatic heterocycles. The van der Waals surface area contributed by atoms with E-state index in [1.165, 1.54) is 0 Å². The fraction of sp³-hybridized carbons (Fsp3) is 0.846. The van der Waals surface area contributed by atoms with E-state index >= 15 is 0 Å².